The van der Waals surface area contributed by atoms with Gasteiger partial charge in [-0.3, -0.25) is 0 Å². The van der Waals surface area contributed by atoms with Gasteiger partial charge in [-0.25, -0.2) is 0 Å². The van der Waals surface area contributed by atoms with Gasteiger partial charge in [-0.15, -0.1) is 0 Å². The Bertz CT molecular complexity index is 313. The summed E-state index contributed by atoms with van der Waals surface area (Å²) in [7, 11) is 1.90. The molecule has 0 heterocycles. The molecule has 0 atom stereocenters. The zero-order chi connectivity index (χ0) is 10.6. The molecule has 1 aromatic carbocycles. The largest absolute Gasteiger partial charge is 0.388 e. The summed E-state index contributed by atoms with van der Waals surface area (Å²) in [5.74, 6) is 0.702. The van der Waals surface area contributed by atoms with Crippen LogP contribution in [0.3, 0.4) is 0 Å². The molecule has 0 spiro atoms. The van der Waals surface area contributed by atoms with Crippen molar-refractivity contribution in [3.63, 3.8) is 0 Å². The maximum Gasteiger partial charge on any atom is 0.0338 e. The predicted octanol–water partition coefficient (Wildman–Crippen LogP) is 3.08. The third-order valence-corrected chi connectivity index (χ3v) is 2.22. The molecule has 14 heavy (non-hydrogen) atoms. The smallest absolute Gasteiger partial charge is 0.0338 e. The van der Waals surface area contributed by atoms with E-state index in [1.807, 2.05) is 7.05 Å². The van der Waals surface area contributed by atoms with Crippen LogP contribution in [0.15, 0.2) is 30.8 Å². The van der Waals surface area contributed by atoms with E-state index in [-0.39, 0.29) is 0 Å². The van der Waals surface area contributed by atoms with Gasteiger partial charge < -0.3 is 5.32 Å². The Labute approximate surface area is 86.8 Å². The molecule has 0 fully saturated rings. The van der Waals surface area contributed by atoms with Crippen LogP contribution >= 0.6 is 0 Å². The second-order valence-electron chi connectivity index (χ2n) is 4.03. The van der Waals surface area contributed by atoms with E-state index in [9.17, 15) is 0 Å². The van der Waals surface area contributed by atoms with Gasteiger partial charge in [-0.05, 0) is 29.5 Å². The van der Waals surface area contributed by atoms with Crippen molar-refractivity contribution in [2.75, 3.05) is 7.05 Å². The summed E-state index contributed by atoms with van der Waals surface area (Å²) in [4.78, 5) is 0. The highest BCUT2D eigenvalue weighted by atomic mass is 14.8. The van der Waals surface area contributed by atoms with Gasteiger partial charge in [0.15, 0.2) is 0 Å². The van der Waals surface area contributed by atoms with Gasteiger partial charge in [0.2, 0.25) is 0 Å². The standard InChI is InChI=1S/C13H19N/c1-10(2)8-12-6-5-7-13(9-12)11(3)14-4/h5-7,9-10,14H,3,8H2,1-2,4H3. The van der Waals surface area contributed by atoms with Gasteiger partial charge in [0.1, 0.15) is 0 Å². The molecule has 0 aromatic heterocycles. The molecule has 1 N–H and O–H groups in total. The number of benzene rings is 1. The van der Waals surface area contributed by atoms with Crippen LogP contribution in [0.25, 0.3) is 5.70 Å². The van der Waals surface area contributed by atoms with Crippen LogP contribution in [0.4, 0.5) is 0 Å². The van der Waals surface area contributed by atoms with Gasteiger partial charge in [-0.1, -0.05) is 38.6 Å². The Balaban J connectivity index is 2.84. The van der Waals surface area contributed by atoms with E-state index in [2.05, 4.69) is 50.0 Å². The van der Waals surface area contributed by atoms with Crippen molar-refractivity contribution >= 4 is 5.70 Å². The van der Waals surface area contributed by atoms with Crippen LogP contribution in [0.5, 0.6) is 0 Å². The molecule has 0 aliphatic heterocycles. The monoisotopic (exact) mass is 189 g/mol. The molecule has 0 unspecified atom stereocenters. The molecule has 0 amide bonds. The van der Waals surface area contributed by atoms with Crippen molar-refractivity contribution in [1.29, 1.82) is 0 Å². The van der Waals surface area contributed by atoms with Gasteiger partial charge in [0, 0.05) is 12.7 Å². The first-order chi connectivity index (χ1) is 6.63. The lowest BCUT2D eigenvalue weighted by Gasteiger charge is -2.09. The van der Waals surface area contributed by atoms with Crippen molar-refractivity contribution in [2.24, 2.45) is 5.92 Å². The highest BCUT2D eigenvalue weighted by Crippen LogP contribution is 2.14. The zero-order valence-electron chi connectivity index (χ0n) is 9.30. The van der Waals surface area contributed by atoms with Crippen LogP contribution in [0, 0.1) is 5.92 Å². The van der Waals surface area contributed by atoms with Crippen molar-refractivity contribution in [2.45, 2.75) is 20.3 Å². The van der Waals surface area contributed by atoms with Gasteiger partial charge in [0.25, 0.3) is 0 Å². The van der Waals surface area contributed by atoms with Crippen molar-refractivity contribution < 1.29 is 0 Å². The van der Waals surface area contributed by atoms with Gasteiger partial charge in [-0.2, -0.15) is 0 Å². The Hall–Kier alpha value is -1.24. The maximum absolute atomic E-state index is 3.95. The molecule has 1 nitrogen and oxygen atoms in total. The second-order valence-corrected chi connectivity index (χ2v) is 4.03. The van der Waals surface area contributed by atoms with Gasteiger partial charge >= 0.3 is 0 Å². The summed E-state index contributed by atoms with van der Waals surface area (Å²) in [6.45, 7) is 8.42. The lowest BCUT2D eigenvalue weighted by atomic mass is 10.0. The molecule has 0 bridgehead atoms. The second kappa shape index (κ2) is 4.85. The Morgan fingerprint density at radius 2 is 2.14 bits per heavy atom. The molecule has 0 aliphatic carbocycles. The fraction of sp³-hybridized carbons (Fsp3) is 0.385. The summed E-state index contributed by atoms with van der Waals surface area (Å²) in [5, 5.41) is 3.07. The van der Waals surface area contributed by atoms with Crippen LogP contribution in [-0.4, -0.2) is 7.05 Å². The van der Waals surface area contributed by atoms with Crippen LogP contribution < -0.4 is 5.32 Å². The number of rotatable bonds is 4. The first-order valence-corrected chi connectivity index (χ1v) is 5.09. The number of hydrogen-bond acceptors (Lipinski definition) is 1. The Kier molecular flexibility index (Phi) is 3.75. The molecule has 1 aromatic rings. The molecule has 1 rings (SSSR count). The molecular weight excluding hydrogens is 170 g/mol. The lowest BCUT2D eigenvalue weighted by molar-refractivity contribution is 0.647. The Morgan fingerprint density at radius 3 is 2.71 bits per heavy atom. The van der Waals surface area contributed by atoms with E-state index in [4.69, 9.17) is 0 Å². The number of hydrogen-bond donors (Lipinski definition) is 1. The number of nitrogens with one attached hydrogen (secondary N) is 1. The van der Waals surface area contributed by atoms with E-state index in [0.29, 0.717) is 5.92 Å². The fourth-order valence-electron chi connectivity index (χ4n) is 1.50. The summed E-state index contributed by atoms with van der Waals surface area (Å²) < 4.78 is 0. The minimum atomic E-state index is 0.702. The zero-order valence-corrected chi connectivity index (χ0v) is 9.30. The molecule has 1 heteroatoms. The summed E-state index contributed by atoms with van der Waals surface area (Å²) in [6, 6.07) is 8.56. The summed E-state index contributed by atoms with van der Waals surface area (Å²) in [6.07, 6.45) is 1.13. The maximum atomic E-state index is 3.95. The highest BCUT2D eigenvalue weighted by Gasteiger charge is 2.00. The Morgan fingerprint density at radius 1 is 1.43 bits per heavy atom. The first-order valence-electron chi connectivity index (χ1n) is 5.09. The van der Waals surface area contributed by atoms with Crippen molar-refractivity contribution in [3.8, 4) is 0 Å². The third kappa shape index (κ3) is 2.91. The van der Waals surface area contributed by atoms with Crippen molar-refractivity contribution in [3.05, 3.63) is 42.0 Å². The van der Waals surface area contributed by atoms with Crippen LogP contribution in [0.1, 0.15) is 25.0 Å². The molecule has 0 saturated heterocycles. The summed E-state index contributed by atoms with van der Waals surface area (Å²) >= 11 is 0. The van der Waals surface area contributed by atoms with E-state index < -0.39 is 0 Å². The average molecular weight is 189 g/mol. The quantitative estimate of drug-likeness (QED) is 0.767. The minimum absolute atomic E-state index is 0.702. The lowest BCUT2D eigenvalue weighted by Crippen LogP contribution is -2.03. The van der Waals surface area contributed by atoms with E-state index in [1.165, 1.54) is 11.1 Å². The topological polar surface area (TPSA) is 12.0 Å². The SMILES string of the molecule is C=C(NC)c1cccc(CC(C)C)c1. The van der Waals surface area contributed by atoms with E-state index in [0.717, 1.165) is 12.1 Å². The molecule has 0 radical (unpaired) electrons. The molecule has 76 valence electrons. The predicted molar refractivity (Wildman–Crippen MR) is 63.1 cm³/mol. The molecule has 0 aliphatic rings. The van der Waals surface area contributed by atoms with E-state index in [1.54, 1.807) is 0 Å². The minimum Gasteiger partial charge on any atom is -0.388 e. The van der Waals surface area contributed by atoms with Crippen molar-refractivity contribution in [1.82, 2.24) is 5.32 Å². The normalized spacial score (nSPS) is 10.3. The van der Waals surface area contributed by atoms with Crippen LogP contribution in [0.2, 0.25) is 0 Å². The van der Waals surface area contributed by atoms with Crippen LogP contribution in [-0.2, 0) is 6.42 Å². The molecule has 0 saturated carbocycles. The third-order valence-electron chi connectivity index (χ3n) is 2.22. The van der Waals surface area contributed by atoms with E-state index >= 15 is 0 Å². The summed E-state index contributed by atoms with van der Waals surface area (Å²) in [5.41, 5.74) is 3.55. The fourth-order valence-corrected chi connectivity index (χ4v) is 1.50. The first kappa shape index (κ1) is 10.8. The van der Waals surface area contributed by atoms with Gasteiger partial charge in [0.05, 0.1) is 0 Å². The molecular formula is C13H19N. The highest BCUT2D eigenvalue weighted by molar-refractivity contribution is 5.61. The average Bonchev–Trinajstić information content (AvgIpc) is 2.16.